The van der Waals surface area contributed by atoms with E-state index in [-0.39, 0.29) is 17.8 Å². The molecule has 1 aromatic carbocycles. The number of carbonyl (C=O) groups excluding carboxylic acids is 2. The van der Waals surface area contributed by atoms with E-state index >= 15 is 0 Å². The summed E-state index contributed by atoms with van der Waals surface area (Å²) in [5.74, 6) is 0.755. The monoisotopic (exact) mass is 560 g/mol. The van der Waals surface area contributed by atoms with Gasteiger partial charge in [0.25, 0.3) is 5.91 Å². The van der Waals surface area contributed by atoms with Gasteiger partial charge in [-0.05, 0) is 37.5 Å². The molecular weight excluding hydrogens is 528 g/mol. The number of thioether (sulfide) groups is 1. The Kier molecular flexibility index (Phi) is 8.72. The molecular formula is C27H33ClN4O5S. The number of hydrogen-bond acceptors (Lipinski definition) is 9. The number of nitrogens with zero attached hydrogens (tertiary/aromatic N) is 4. The summed E-state index contributed by atoms with van der Waals surface area (Å²) in [6.45, 7) is 6.21. The minimum absolute atomic E-state index is 0.00829. The number of benzene rings is 1. The van der Waals surface area contributed by atoms with Crippen LogP contribution in [0.15, 0.2) is 35.5 Å². The number of amides is 1. The van der Waals surface area contributed by atoms with Crippen molar-refractivity contribution in [2.75, 3.05) is 50.9 Å². The van der Waals surface area contributed by atoms with Crippen LogP contribution < -0.4 is 4.90 Å². The van der Waals surface area contributed by atoms with Gasteiger partial charge in [0, 0.05) is 56.4 Å². The van der Waals surface area contributed by atoms with Crippen molar-refractivity contribution in [1.29, 1.82) is 0 Å². The maximum Gasteiger partial charge on any atom is 0.309 e. The molecule has 0 saturated carbocycles. The molecule has 3 saturated heterocycles. The molecule has 204 valence electrons. The molecule has 1 amide bonds. The van der Waals surface area contributed by atoms with E-state index in [4.69, 9.17) is 30.8 Å². The third-order valence-electron chi connectivity index (χ3n) is 7.29. The Hall–Kier alpha value is -2.40. The molecule has 2 aromatic rings. The van der Waals surface area contributed by atoms with Gasteiger partial charge in [-0.2, -0.15) is 0 Å². The second kappa shape index (κ2) is 12.2. The van der Waals surface area contributed by atoms with E-state index in [1.54, 1.807) is 6.07 Å². The highest BCUT2D eigenvalue weighted by molar-refractivity contribution is 7.98. The third-order valence-corrected chi connectivity index (χ3v) is 8.41. The Bertz CT molecular complexity index is 1130. The van der Waals surface area contributed by atoms with E-state index in [0.717, 1.165) is 37.3 Å². The van der Waals surface area contributed by atoms with E-state index in [9.17, 15) is 9.59 Å². The van der Waals surface area contributed by atoms with Crippen LogP contribution in [-0.4, -0.2) is 78.5 Å². The predicted octanol–water partition coefficient (Wildman–Crippen LogP) is 4.18. The Morgan fingerprint density at radius 3 is 2.42 bits per heavy atom. The molecule has 0 radical (unpaired) electrons. The molecule has 3 aliphatic heterocycles. The quantitative estimate of drug-likeness (QED) is 0.214. The van der Waals surface area contributed by atoms with Gasteiger partial charge >= 0.3 is 5.97 Å². The molecule has 1 spiro atoms. The van der Waals surface area contributed by atoms with Gasteiger partial charge < -0.3 is 24.0 Å². The molecule has 38 heavy (non-hydrogen) atoms. The topological polar surface area (TPSA) is 94.1 Å². The summed E-state index contributed by atoms with van der Waals surface area (Å²) in [7, 11) is 0. The lowest BCUT2D eigenvalue weighted by Gasteiger charge is -2.38. The van der Waals surface area contributed by atoms with Gasteiger partial charge in [0.2, 0.25) is 0 Å². The van der Waals surface area contributed by atoms with Crippen LogP contribution in [0, 0.1) is 5.92 Å². The minimum atomic E-state index is -0.433. The number of likely N-dealkylation sites (tertiary alicyclic amines) is 1. The van der Waals surface area contributed by atoms with Gasteiger partial charge in [-0.1, -0.05) is 35.5 Å². The van der Waals surface area contributed by atoms with E-state index in [0.29, 0.717) is 67.4 Å². The van der Waals surface area contributed by atoms with Gasteiger partial charge in [-0.25, -0.2) is 9.97 Å². The lowest BCUT2D eigenvalue weighted by atomic mass is 9.96. The molecule has 0 aliphatic carbocycles. The van der Waals surface area contributed by atoms with Crippen LogP contribution in [0.25, 0.3) is 0 Å². The molecule has 3 aliphatic rings. The fourth-order valence-corrected chi connectivity index (χ4v) is 6.16. The van der Waals surface area contributed by atoms with Crippen LogP contribution in [0.1, 0.15) is 48.5 Å². The van der Waals surface area contributed by atoms with Crippen LogP contribution >= 0.6 is 23.4 Å². The van der Waals surface area contributed by atoms with E-state index in [2.05, 4.69) is 9.88 Å². The number of anilines is 1. The summed E-state index contributed by atoms with van der Waals surface area (Å²) in [5, 5.41) is 1.03. The zero-order valence-corrected chi connectivity index (χ0v) is 23.1. The molecule has 0 N–H and O–H groups in total. The van der Waals surface area contributed by atoms with Gasteiger partial charge in [0.05, 0.1) is 25.7 Å². The predicted molar refractivity (Wildman–Crippen MR) is 144 cm³/mol. The normalized spacial score (nSPS) is 19.6. The fraction of sp³-hybridized carbons (Fsp3) is 0.556. The summed E-state index contributed by atoms with van der Waals surface area (Å²) in [6.07, 6.45) is 2.87. The highest BCUT2D eigenvalue weighted by Gasteiger charge is 2.40. The van der Waals surface area contributed by atoms with Crippen LogP contribution in [0.3, 0.4) is 0 Å². The van der Waals surface area contributed by atoms with Crippen molar-refractivity contribution in [2.24, 2.45) is 5.92 Å². The van der Waals surface area contributed by atoms with Gasteiger partial charge in [-0.15, -0.1) is 0 Å². The molecule has 0 atom stereocenters. The van der Waals surface area contributed by atoms with Crippen molar-refractivity contribution >= 4 is 41.1 Å². The van der Waals surface area contributed by atoms with Crippen molar-refractivity contribution in [3.05, 3.63) is 46.6 Å². The number of carbonyl (C=O) groups is 2. The standard InChI is InChI=1S/C27H33ClN4O5S/c1-2-35-25(34)21-7-11-32(12-8-21)24(33)20-5-3-19(4-6-20)18-38-26-29-22(28)17-23(30-26)31-13-9-27(10-14-31)36-15-16-37-27/h3-6,17,21H,2,7-16,18H2,1H3. The Morgan fingerprint density at radius 2 is 1.76 bits per heavy atom. The molecule has 0 unspecified atom stereocenters. The average molecular weight is 561 g/mol. The zero-order valence-electron chi connectivity index (χ0n) is 21.6. The van der Waals surface area contributed by atoms with E-state index in [1.807, 2.05) is 36.1 Å². The SMILES string of the molecule is CCOC(=O)C1CCN(C(=O)c2ccc(CSc3nc(Cl)cc(N4CCC5(CC4)OCCO5)n3)cc2)CC1. The Labute approximate surface area is 232 Å². The largest absolute Gasteiger partial charge is 0.466 e. The zero-order chi connectivity index (χ0) is 26.5. The Morgan fingerprint density at radius 1 is 1.08 bits per heavy atom. The summed E-state index contributed by atoms with van der Waals surface area (Å²) in [4.78, 5) is 38.1. The minimum Gasteiger partial charge on any atom is -0.466 e. The molecule has 9 nitrogen and oxygen atoms in total. The molecule has 5 rings (SSSR count). The summed E-state index contributed by atoms with van der Waals surface area (Å²) in [5.41, 5.74) is 1.71. The number of hydrogen-bond donors (Lipinski definition) is 0. The highest BCUT2D eigenvalue weighted by Crippen LogP contribution is 2.34. The van der Waals surface area contributed by atoms with Crippen LogP contribution in [0.5, 0.6) is 0 Å². The first-order valence-electron chi connectivity index (χ1n) is 13.2. The van der Waals surface area contributed by atoms with Gasteiger partial charge in [0.1, 0.15) is 11.0 Å². The maximum atomic E-state index is 12.9. The number of halogens is 1. The second-order valence-electron chi connectivity index (χ2n) is 9.73. The number of piperidine rings is 2. The number of aromatic nitrogens is 2. The van der Waals surface area contributed by atoms with Crippen LogP contribution in [-0.2, 0) is 24.8 Å². The Balaban J connectivity index is 1.13. The first-order chi connectivity index (χ1) is 18.4. The fourth-order valence-electron chi connectivity index (χ4n) is 5.13. The maximum absolute atomic E-state index is 12.9. The molecule has 11 heteroatoms. The van der Waals surface area contributed by atoms with Crippen LogP contribution in [0.4, 0.5) is 5.82 Å². The van der Waals surface area contributed by atoms with Gasteiger partial charge in [0.15, 0.2) is 10.9 Å². The smallest absolute Gasteiger partial charge is 0.309 e. The van der Waals surface area contributed by atoms with Crippen molar-refractivity contribution in [2.45, 2.75) is 49.3 Å². The average Bonchev–Trinajstić information content (AvgIpc) is 3.40. The van der Waals surface area contributed by atoms with E-state index in [1.165, 1.54) is 11.8 Å². The number of ether oxygens (including phenoxy) is 3. The first-order valence-corrected chi connectivity index (χ1v) is 14.6. The van der Waals surface area contributed by atoms with Crippen molar-refractivity contribution in [3.8, 4) is 0 Å². The molecule has 3 fully saturated rings. The summed E-state index contributed by atoms with van der Waals surface area (Å²) in [6, 6.07) is 9.44. The second-order valence-corrected chi connectivity index (χ2v) is 11.1. The van der Waals surface area contributed by atoms with Gasteiger partial charge in [-0.3, -0.25) is 9.59 Å². The van der Waals surface area contributed by atoms with Crippen LogP contribution in [0.2, 0.25) is 5.15 Å². The lowest BCUT2D eigenvalue weighted by molar-refractivity contribution is -0.169. The molecule has 4 heterocycles. The van der Waals surface area contributed by atoms with Crippen molar-refractivity contribution in [1.82, 2.24) is 14.9 Å². The number of esters is 1. The van der Waals surface area contributed by atoms with E-state index < -0.39 is 5.79 Å². The summed E-state index contributed by atoms with van der Waals surface area (Å²) >= 11 is 7.85. The highest BCUT2D eigenvalue weighted by atomic mass is 35.5. The third kappa shape index (κ3) is 6.42. The molecule has 0 bridgehead atoms. The molecule has 1 aromatic heterocycles. The lowest BCUT2D eigenvalue weighted by Crippen LogP contribution is -2.45. The van der Waals surface area contributed by atoms with Crippen molar-refractivity contribution < 1.29 is 23.8 Å². The number of rotatable bonds is 7. The summed E-state index contributed by atoms with van der Waals surface area (Å²) < 4.78 is 16.8. The van der Waals surface area contributed by atoms with Crippen molar-refractivity contribution in [3.63, 3.8) is 0 Å². The first kappa shape index (κ1) is 27.2.